The summed E-state index contributed by atoms with van der Waals surface area (Å²) >= 11 is 0. The van der Waals surface area contributed by atoms with Crippen molar-refractivity contribution in [3.05, 3.63) is 71.6 Å². The number of aryl methyl sites for hydroxylation is 1. The molecule has 2 unspecified atom stereocenters. The Labute approximate surface area is 206 Å². The molecule has 0 N–H and O–H groups in total. The van der Waals surface area contributed by atoms with Gasteiger partial charge < -0.3 is 0 Å². The van der Waals surface area contributed by atoms with Crippen molar-refractivity contribution >= 4 is 15.6 Å². The Kier molecular flexibility index (Phi) is 6.90. The van der Waals surface area contributed by atoms with Gasteiger partial charge in [-0.3, -0.25) is 4.79 Å². The quantitative estimate of drug-likeness (QED) is 0.299. The van der Waals surface area contributed by atoms with Crippen molar-refractivity contribution in [1.82, 2.24) is 14.8 Å². The Bertz CT molecular complexity index is 1400. The lowest BCUT2D eigenvalue weighted by Gasteiger charge is -2.35. The van der Waals surface area contributed by atoms with Crippen LogP contribution in [0.3, 0.4) is 0 Å². The van der Waals surface area contributed by atoms with E-state index in [1.54, 1.807) is 0 Å². The van der Waals surface area contributed by atoms with Crippen molar-refractivity contribution in [3.8, 4) is 5.69 Å². The number of halogens is 7. The number of alkyl halides is 6. The Hall–Kier alpha value is -3.29. The van der Waals surface area contributed by atoms with Crippen molar-refractivity contribution in [2.45, 2.75) is 48.2 Å². The predicted molar refractivity (Wildman–Crippen MR) is 115 cm³/mol. The number of rotatable bonds is 7. The van der Waals surface area contributed by atoms with Crippen LogP contribution < -0.4 is 0 Å². The van der Waals surface area contributed by atoms with Crippen LogP contribution in [-0.4, -0.2) is 34.2 Å². The number of nitrogens with zero attached hydrogens (tertiary/aromatic N) is 3. The topological polar surface area (TPSA) is 81.9 Å². The van der Waals surface area contributed by atoms with Crippen LogP contribution in [0.25, 0.3) is 5.69 Å². The van der Waals surface area contributed by atoms with Gasteiger partial charge >= 0.3 is 12.4 Å². The number of pyridine rings is 1. The van der Waals surface area contributed by atoms with Crippen LogP contribution in [0.4, 0.5) is 30.7 Å². The van der Waals surface area contributed by atoms with E-state index in [2.05, 4.69) is 10.1 Å². The normalized spacial score (nSPS) is 18.5. The van der Waals surface area contributed by atoms with Gasteiger partial charge in [0, 0.05) is 24.1 Å². The molecule has 3 aromatic rings. The van der Waals surface area contributed by atoms with Crippen LogP contribution in [0, 0.1) is 11.7 Å². The number of Topliss-reactive ketones (excluding diaryl/α,β-unsaturated/α-hetero) is 1. The van der Waals surface area contributed by atoms with E-state index in [1.807, 2.05) is 0 Å². The van der Waals surface area contributed by atoms with Gasteiger partial charge in [-0.1, -0.05) is 0 Å². The first-order valence-corrected chi connectivity index (χ1v) is 12.4. The van der Waals surface area contributed by atoms with Crippen molar-refractivity contribution < 1.29 is 43.9 Å². The van der Waals surface area contributed by atoms with Crippen molar-refractivity contribution in [1.29, 1.82) is 0 Å². The second kappa shape index (κ2) is 9.54. The minimum atomic E-state index is -4.91. The first-order chi connectivity index (χ1) is 17.2. The Morgan fingerprint density at radius 3 is 2.16 bits per heavy atom. The van der Waals surface area contributed by atoms with Gasteiger partial charge in [0.15, 0.2) is 15.5 Å². The van der Waals surface area contributed by atoms with Gasteiger partial charge in [-0.2, -0.15) is 31.4 Å². The van der Waals surface area contributed by atoms with Crippen molar-refractivity contribution in [2.75, 3.05) is 0 Å². The molecule has 1 fully saturated rings. The van der Waals surface area contributed by atoms with E-state index in [0.29, 0.717) is 6.07 Å². The molecule has 0 aliphatic heterocycles. The second-order valence-corrected chi connectivity index (χ2v) is 10.7. The lowest BCUT2D eigenvalue weighted by atomic mass is 9.80. The zero-order valence-corrected chi connectivity index (χ0v) is 19.5. The molecule has 198 valence electrons. The Morgan fingerprint density at radius 1 is 0.973 bits per heavy atom. The summed E-state index contributed by atoms with van der Waals surface area (Å²) < 4.78 is 118. The van der Waals surface area contributed by atoms with Crippen LogP contribution >= 0.6 is 0 Å². The summed E-state index contributed by atoms with van der Waals surface area (Å²) in [6.45, 7) is 0. The molecule has 1 aliphatic carbocycles. The predicted octanol–water partition coefficient (Wildman–Crippen LogP) is 5.20. The molecule has 37 heavy (non-hydrogen) atoms. The third-order valence-electron chi connectivity index (χ3n) is 6.17. The van der Waals surface area contributed by atoms with Gasteiger partial charge in [-0.15, -0.1) is 0 Å². The average molecular weight is 549 g/mol. The number of sulfone groups is 1. The number of aromatic nitrogens is 3. The molecule has 4 rings (SSSR count). The highest BCUT2D eigenvalue weighted by atomic mass is 32.2. The lowest BCUT2D eigenvalue weighted by Crippen LogP contribution is -2.43. The SMILES string of the molecule is O=C(CCc1cn(-c2ccc(C(F)(F)F)nc2)nc1C(F)(F)F)C1CCC1S(=O)(=O)c1ccc(F)cc1. The minimum Gasteiger partial charge on any atom is -0.299 e. The molecule has 0 saturated heterocycles. The smallest absolute Gasteiger partial charge is 0.299 e. The van der Waals surface area contributed by atoms with E-state index in [4.69, 9.17) is 0 Å². The molecular formula is C23H18F7N3O3S. The standard InChI is InChI=1S/C23H18F7N3O3S/c24-14-2-5-16(6-3-14)37(35,36)19-9-7-17(19)18(34)8-1-13-12-33(32-21(13)23(28,29)30)15-4-10-20(31-11-15)22(25,26)27/h2-6,10-12,17,19H,1,7-9H2. The molecule has 1 aliphatic rings. The van der Waals surface area contributed by atoms with E-state index in [1.165, 1.54) is 0 Å². The molecule has 14 heteroatoms. The fraction of sp³-hybridized carbons (Fsp3) is 0.348. The molecule has 2 atom stereocenters. The second-order valence-electron chi connectivity index (χ2n) is 8.53. The van der Waals surface area contributed by atoms with E-state index >= 15 is 0 Å². The maximum absolute atomic E-state index is 13.6. The Morgan fingerprint density at radius 2 is 1.65 bits per heavy atom. The van der Waals surface area contributed by atoms with Gasteiger partial charge in [-0.05, 0) is 55.7 Å². The van der Waals surface area contributed by atoms with Crippen LogP contribution in [0.5, 0.6) is 0 Å². The van der Waals surface area contributed by atoms with E-state index < -0.39 is 69.2 Å². The first kappa shape index (κ1) is 26.8. The molecule has 0 amide bonds. The molecule has 0 spiro atoms. The van der Waals surface area contributed by atoms with E-state index in [0.717, 1.165) is 47.4 Å². The number of hydrogen-bond acceptors (Lipinski definition) is 5. The van der Waals surface area contributed by atoms with Gasteiger partial charge in [-0.25, -0.2) is 22.5 Å². The highest BCUT2D eigenvalue weighted by Gasteiger charge is 2.45. The van der Waals surface area contributed by atoms with Crippen LogP contribution in [0.1, 0.15) is 36.2 Å². The fourth-order valence-electron chi connectivity index (χ4n) is 4.10. The summed E-state index contributed by atoms with van der Waals surface area (Å²) in [5.41, 5.74) is -3.07. The van der Waals surface area contributed by atoms with Crippen molar-refractivity contribution in [3.63, 3.8) is 0 Å². The molecule has 0 bridgehead atoms. The Balaban J connectivity index is 1.51. The van der Waals surface area contributed by atoms with E-state index in [9.17, 15) is 43.9 Å². The summed E-state index contributed by atoms with van der Waals surface area (Å²) in [6, 6.07) is 5.65. The number of carbonyl (C=O) groups is 1. The van der Waals surface area contributed by atoms with E-state index in [-0.39, 0.29) is 29.0 Å². The summed E-state index contributed by atoms with van der Waals surface area (Å²) in [7, 11) is -3.94. The number of carbonyl (C=O) groups excluding carboxylic acids is 1. The molecule has 2 aromatic heterocycles. The number of benzene rings is 1. The third kappa shape index (κ3) is 5.53. The maximum atomic E-state index is 13.6. The number of ketones is 1. The van der Waals surface area contributed by atoms with Gasteiger partial charge in [0.25, 0.3) is 0 Å². The highest BCUT2D eigenvalue weighted by Crippen LogP contribution is 2.39. The van der Waals surface area contributed by atoms with Crippen LogP contribution in [0.15, 0.2) is 53.7 Å². The average Bonchev–Trinajstić information content (AvgIpc) is 3.21. The molecule has 0 radical (unpaired) electrons. The van der Waals surface area contributed by atoms with Gasteiger partial charge in [0.05, 0.1) is 22.0 Å². The lowest BCUT2D eigenvalue weighted by molar-refractivity contribution is -0.142. The van der Waals surface area contributed by atoms with Gasteiger partial charge in [0.1, 0.15) is 17.3 Å². The third-order valence-corrected chi connectivity index (χ3v) is 8.46. The largest absolute Gasteiger partial charge is 0.435 e. The molecule has 6 nitrogen and oxygen atoms in total. The summed E-state index contributed by atoms with van der Waals surface area (Å²) in [4.78, 5) is 15.8. The zero-order chi connectivity index (χ0) is 27.2. The monoisotopic (exact) mass is 549 g/mol. The molecule has 2 heterocycles. The zero-order valence-electron chi connectivity index (χ0n) is 18.7. The fourth-order valence-corrected chi connectivity index (χ4v) is 6.14. The first-order valence-electron chi connectivity index (χ1n) is 10.9. The molecule has 1 aromatic carbocycles. The van der Waals surface area contributed by atoms with Crippen LogP contribution in [0.2, 0.25) is 0 Å². The highest BCUT2D eigenvalue weighted by molar-refractivity contribution is 7.92. The summed E-state index contributed by atoms with van der Waals surface area (Å²) in [6.07, 6.45) is -8.35. The minimum absolute atomic E-state index is 0.151. The van der Waals surface area contributed by atoms with Crippen molar-refractivity contribution in [2.24, 2.45) is 5.92 Å². The number of hydrogen-bond donors (Lipinski definition) is 0. The maximum Gasteiger partial charge on any atom is 0.435 e. The molecular weight excluding hydrogens is 531 g/mol. The van der Waals surface area contributed by atoms with Gasteiger partial charge in [0.2, 0.25) is 0 Å². The summed E-state index contributed by atoms with van der Waals surface area (Å²) in [5.74, 6) is -2.09. The summed E-state index contributed by atoms with van der Waals surface area (Å²) in [5, 5.41) is 2.37. The molecule has 1 saturated carbocycles. The van der Waals surface area contributed by atoms with Crippen LogP contribution in [-0.2, 0) is 33.4 Å².